The number of benzene rings is 1. The van der Waals surface area contributed by atoms with Crippen LogP contribution in [0.5, 0.6) is 11.5 Å². The van der Waals surface area contributed by atoms with Crippen molar-refractivity contribution in [3.05, 3.63) is 83.9 Å². The van der Waals surface area contributed by atoms with E-state index in [9.17, 15) is 14.4 Å². The molecule has 2 heterocycles. The lowest BCUT2D eigenvalue weighted by Gasteiger charge is -1.98. The van der Waals surface area contributed by atoms with Crippen LogP contribution in [0.15, 0.2) is 67.3 Å². The Morgan fingerprint density at radius 1 is 0.806 bits per heavy atom. The van der Waals surface area contributed by atoms with Crippen molar-refractivity contribution in [1.29, 1.82) is 0 Å². The normalized spacial score (nSPS) is 9.10. The van der Waals surface area contributed by atoms with E-state index in [-0.39, 0.29) is 29.0 Å². The third kappa shape index (κ3) is 8.60. The molecule has 3 aromatic rings. The van der Waals surface area contributed by atoms with Crippen LogP contribution in [-0.4, -0.2) is 57.4 Å². The zero-order chi connectivity index (χ0) is 23.2. The van der Waals surface area contributed by atoms with Gasteiger partial charge in [-0.25, -0.2) is 14.4 Å². The van der Waals surface area contributed by atoms with Gasteiger partial charge in [0.05, 0.1) is 25.3 Å². The lowest BCUT2D eigenvalue weighted by molar-refractivity contribution is 0.0591. The molecule has 0 bridgehead atoms. The molecule has 0 spiro atoms. The summed E-state index contributed by atoms with van der Waals surface area (Å²) in [6, 6.07) is 9.99. The smallest absolute Gasteiger partial charge is 0.339 e. The maximum absolute atomic E-state index is 10.8. The first-order valence-corrected chi connectivity index (χ1v) is 8.52. The lowest BCUT2D eigenvalue weighted by atomic mass is 10.2. The average Bonchev–Trinajstić information content (AvgIpc) is 2.81. The lowest BCUT2D eigenvalue weighted by Crippen LogP contribution is -2.00. The molecule has 3 N–H and O–H groups in total. The van der Waals surface area contributed by atoms with E-state index in [1.807, 2.05) is 0 Å². The highest BCUT2D eigenvalue weighted by Crippen LogP contribution is 2.21. The van der Waals surface area contributed by atoms with Crippen molar-refractivity contribution >= 4 is 17.9 Å². The summed E-state index contributed by atoms with van der Waals surface area (Å²) in [7, 11) is 2.69. The van der Waals surface area contributed by atoms with Crippen molar-refractivity contribution in [3.63, 3.8) is 0 Å². The number of phenolic OH excluding ortho intramolecular Hbond substituents is 1. The molecule has 0 unspecified atom stereocenters. The van der Waals surface area contributed by atoms with Crippen molar-refractivity contribution in [2.24, 2.45) is 0 Å². The van der Waals surface area contributed by atoms with Gasteiger partial charge < -0.3 is 24.8 Å². The number of carbonyl (C=O) groups excluding carboxylic acids is 2. The van der Waals surface area contributed by atoms with Crippen LogP contribution in [0.4, 0.5) is 0 Å². The van der Waals surface area contributed by atoms with Gasteiger partial charge in [0, 0.05) is 24.8 Å². The monoisotopic (exact) mass is 428 g/mol. The number of carboxylic acid groups (broad SMARTS) is 1. The van der Waals surface area contributed by atoms with Gasteiger partial charge in [0.15, 0.2) is 0 Å². The highest BCUT2D eigenvalue weighted by molar-refractivity contribution is 5.91. The van der Waals surface area contributed by atoms with Crippen LogP contribution >= 0.6 is 0 Å². The first-order chi connectivity index (χ1) is 14.8. The number of rotatable bonds is 3. The molecule has 3 rings (SSSR count). The SMILES string of the molecule is COC(=O)c1cccnc1.COC(=O)c1cccnc1.O=C(O)c1cc(O)ccc1O. The van der Waals surface area contributed by atoms with Crippen LogP contribution in [0, 0.1) is 0 Å². The summed E-state index contributed by atoms with van der Waals surface area (Å²) in [6.07, 6.45) is 6.14. The van der Waals surface area contributed by atoms with Crippen LogP contribution in [0.2, 0.25) is 0 Å². The summed E-state index contributed by atoms with van der Waals surface area (Å²) >= 11 is 0. The highest BCUT2D eigenvalue weighted by atomic mass is 16.5. The molecule has 2 aromatic heterocycles. The quantitative estimate of drug-likeness (QED) is 0.418. The molecule has 10 heteroatoms. The number of aromatic hydroxyl groups is 2. The molecule has 0 atom stereocenters. The summed E-state index contributed by atoms with van der Waals surface area (Å²) in [5.74, 6) is -2.50. The number of esters is 2. The Hall–Kier alpha value is -4.47. The van der Waals surface area contributed by atoms with Crippen molar-refractivity contribution < 1.29 is 39.2 Å². The summed E-state index contributed by atoms with van der Waals surface area (Å²) < 4.78 is 8.91. The molecular formula is C21H20N2O8. The molecule has 162 valence electrons. The molecule has 0 aliphatic rings. The Labute approximate surface area is 177 Å². The topological polar surface area (TPSA) is 156 Å². The molecule has 0 fully saturated rings. The van der Waals surface area contributed by atoms with Crippen molar-refractivity contribution in [3.8, 4) is 11.5 Å². The molecule has 0 aliphatic heterocycles. The fourth-order valence-electron chi connectivity index (χ4n) is 1.90. The number of nitrogens with zero attached hydrogens (tertiary/aromatic N) is 2. The van der Waals surface area contributed by atoms with E-state index < -0.39 is 5.97 Å². The summed E-state index contributed by atoms with van der Waals surface area (Å²) in [6.45, 7) is 0. The predicted molar refractivity (Wildman–Crippen MR) is 108 cm³/mol. The second kappa shape index (κ2) is 12.9. The molecule has 0 aliphatic carbocycles. The molecule has 0 saturated heterocycles. The standard InChI is InChI=1S/2C7H7NO2.C7H6O4/c2*1-10-7(9)6-3-2-4-8-5-6;8-4-1-2-6(9)5(3-4)7(10)11/h2*2-5H,1H3;1-3,8-9H,(H,10,11). The van der Waals surface area contributed by atoms with Crippen molar-refractivity contribution in [2.45, 2.75) is 0 Å². The molecular weight excluding hydrogens is 408 g/mol. The van der Waals surface area contributed by atoms with E-state index in [0.29, 0.717) is 11.1 Å². The van der Waals surface area contributed by atoms with Gasteiger partial charge in [-0.15, -0.1) is 0 Å². The van der Waals surface area contributed by atoms with E-state index in [1.54, 1.807) is 36.7 Å². The zero-order valence-electron chi connectivity index (χ0n) is 16.6. The first-order valence-electron chi connectivity index (χ1n) is 8.52. The number of hydrogen-bond donors (Lipinski definition) is 3. The number of methoxy groups -OCH3 is 2. The largest absolute Gasteiger partial charge is 0.508 e. The Bertz CT molecular complexity index is 943. The van der Waals surface area contributed by atoms with Gasteiger partial charge in [0.2, 0.25) is 0 Å². The number of aromatic carboxylic acids is 1. The maximum Gasteiger partial charge on any atom is 0.339 e. The number of hydrogen-bond acceptors (Lipinski definition) is 9. The molecule has 0 saturated carbocycles. The van der Waals surface area contributed by atoms with Gasteiger partial charge >= 0.3 is 17.9 Å². The third-order valence-electron chi connectivity index (χ3n) is 3.38. The highest BCUT2D eigenvalue weighted by Gasteiger charge is 2.09. The van der Waals surface area contributed by atoms with Gasteiger partial charge in [-0.1, -0.05) is 0 Å². The van der Waals surface area contributed by atoms with Crippen LogP contribution in [-0.2, 0) is 9.47 Å². The second-order valence-electron chi connectivity index (χ2n) is 5.47. The minimum absolute atomic E-state index is 0.180. The zero-order valence-corrected chi connectivity index (χ0v) is 16.6. The fourth-order valence-corrected chi connectivity index (χ4v) is 1.90. The van der Waals surface area contributed by atoms with E-state index in [0.717, 1.165) is 12.1 Å². The number of carboxylic acids is 1. The van der Waals surface area contributed by atoms with E-state index in [4.69, 9.17) is 15.3 Å². The van der Waals surface area contributed by atoms with Gasteiger partial charge in [0.1, 0.15) is 17.1 Å². The van der Waals surface area contributed by atoms with Gasteiger partial charge in [-0.3, -0.25) is 9.97 Å². The predicted octanol–water partition coefficient (Wildman–Crippen LogP) is 2.53. The number of phenols is 2. The van der Waals surface area contributed by atoms with Crippen LogP contribution in [0.1, 0.15) is 31.1 Å². The summed E-state index contributed by atoms with van der Waals surface area (Å²) in [5, 5.41) is 26.1. The molecule has 1 aromatic carbocycles. The third-order valence-corrected chi connectivity index (χ3v) is 3.38. The number of ether oxygens (including phenoxy) is 2. The molecule has 0 amide bonds. The fraction of sp³-hybridized carbons (Fsp3) is 0.0952. The molecule has 31 heavy (non-hydrogen) atoms. The number of pyridine rings is 2. The van der Waals surface area contributed by atoms with Gasteiger partial charge in [0.25, 0.3) is 0 Å². The molecule has 0 radical (unpaired) electrons. The number of carbonyl (C=O) groups is 3. The first kappa shape index (κ1) is 24.6. The van der Waals surface area contributed by atoms with Crippen LogP contribution in [0.3, 0.4) is 0 Å². The Morgan fingerprint density at radius 2 is 1.29 bits per heavy atom. The minimum atomic E-state index is -1.27. The molecule has 10 nitrogen and oxygen atoms in total. The Balaban J connectivity index is 0.000000233. The average molecular weight is 428 g/mol. The van der Waals surface area contributed by atoms with E-state index in [1.165, 1.54) is 32.7 Å². The van der Waals surface area contributed by atoms with E-state index in [2.05, 4.69) is 19.4 Å². The van der Waals surface area contributed by atoms with Gasteiger partial charge in [-0.2, -0.15) is 0 Å². The van der Waals surface area contributed by atoms with Gasteiger partial charge in [-0.05, 0) is 42.5 Å². The van der Waals surface area contributed by atoms with Crippen molar-refractivity contribution in [2.75, 3.05) is 14.2 Å². The summed E-state index contributed by atoms with van der Waals surface area (Å²) in [4.78, 5) is 39.3. The second-order valence-corrected chi connectivity index (χ2v) is 5.47. The maximum atomic E-state index is 10.8. The van der Waals surface area contributed by atoms with E-state index >= 15 is 0 Å². The van der Waals surface area contributed by atoms with Crippen LogP contribution < -0.4 is 0 Å². The van der Waals surface area contributed by atoms with Crippen molar-refractivity contribution in [1.82, 2.24) is 9.97 Å². The van der Waals surface area contributed by atoms with Crippen LogP contribution in [0.25, 0.3) is 0 Å². The Morgan fingerprint density at radius 3 is 1.61 bits per heavy atom. The number of aromatic nitrogens is 2. The minimum Gasteiger partial charge on any atom is -0.508 e. The Kier molecular flexibility index (Phi) is 10.2. The summed E-state index contributed by atoms with van der Waals surface area (Å²) in [5.41, 5.74) is 0.653.